The van der Waals surface area contributed by atoms with Crippen LogP contribution in [0.3, 0.4) is 0 Å². The summed E-state index contributed by atoms with van der Waals surface area (Å²) in [5.74, 6) is 0.421. The highest BCUT2D eigenvalue weighted by Crippen LogP contribution is 2.41. The molecule has 0 bridgehead atoms. The Kier molecular flexibility index (Phi) is 7.40. The van der Waals surface area contributed by atoms with E-state index in [1.807, 2.05) is 32.2 Å². The van der Waals surface area contributed by atoms with E-state index in [9.17, 15) is 26.3 Å². The average Bonchev–Trinajstić information content (AvgIpc) is 2.85. The molecule has 0 saturated carbocycles. The lowest BCUT2D eigenvalue weighted by molar-refractivity contribution is -0.137. The number of para-hydroxylation sites is 1. The molecule has 0 amide bonds. The van der Waals surface area contributed by atoms with Crippen molar-refractivity contribution in [2.24, 2.45) is 0 Å². The van der Waals surface area contributed by atoms with Gasteiger partial charge in [0, 0.05) is 17.5 Å². The molecule has 4 nitrogen and oxygen atoms in total. The third-order valence-electron chi connectivity index (χ3n) is 5.89. The SMILES string of the molecule is CNCCCNc1nc(-c2cc(-c3ccccc3C(F)(F)F)cc(C(F)(F)F)c2)nc2c(C)cccc12. The number of fused-ring (bicyclic) bond motifs is 1. The Labute approximate surface area is 209 Å². The van der Waals surface area contributed by atoms with Gasteiger partial charge in [-0.05, 0) is 74.0 Å². The van der Waals surface area contributed by atoms with Gasteiger partial charge in [0.25, 0.3) is 0 Å². The number of nitrogens with one attached hydrogen (secondary N) is 2. The molecule has 1 aromatic heterocycles. The van der Waals surface area contributed by atoms with E-state index in [4.69, 9.17) is 0 Å². The highest BCUT2D eigenvalue weighted by Gasteiger charge is 2.35. The summed E-state index contributed by atoms with van der Waals surface area (Å²) in [6.07, 6.45) is -8.77. The maximum Gasteiger partial charge on any atom is 0.417 e. The normalized spacial score (nSPS) is 12.2. The van der Waals surface area contributed by atoms with Gasteiger partial charge < -0.3 is 10.6 Å². The summed E-state index contributed by atoms with van der Waals surface area (Å²) in [5, 5.41) is 6.95. The molecule has 0 saturated heterocycles. The molecule has 10 heteroatoms. The molecule has 4 aromatic rings. The predicted octanol–water partition coefficient (Wildman–Crippen LogP) is 7.33. The Bertz CT molecular complexity index is 1410. The quantitative estimate of drug-likeness (QED) is 0.199. The van der Waals surface area contributed by atoms with E-state index in [2.05, 4.69) is 20.6 Å². The van der Waals surface area contributed by atoms with E-state index in [-0.39, 0.29) is 22.5 Å². The molecular formula is C27H24F6N4. The Morgan fingerprint density at radius 1 is 0.784 bits per heavy atom. The molecule has 0 unspecified atom stereocenters. The van der Waals surface area contributed by atoms with Crippen LogP contribution in [0.25, 0.3) is 33.4 Å². The van der Waals surface area contributed by atoms with Crippen molar-refractivity contribution in [2.45, 2.75) is 25.7 Å². The first kappa shape index (κ1) is 26.4. The van der Waals surface area contributed by atoms with Crippen molar-refractivity contribution >= 4 is 16.7 Å². The number of hydrogen-bond acceptors (Lipinski definition) is 4. The summed E-state index contributed by atoms with van der Waals surface area (Å²) in [7, 11) is 1.82. The first-order chi connectivity index (χ1) is 17.5. The Balaban J connectivity index is 1.93. The number of nitrogens with zero attached hydrogens (tertiary/aromatic N) is 2. The van der Waals surface area contributed by atoms with Crippen LogP contribution < -0.4 is 10.6 Å². The number of rotatable bonds is 7. The lowest BCUT2D eigenvalue weighted by atomic mass is 9.95. The number of alkyl halides is 6. The van der Waals surface area contributed by atoms with Gasteiger partial charge in [0.05, 0.1) is 16.6 Å². The van der Waals surface area contributed by atoms with Crippen LogP contribution in [0.15, 0.2) is 60.7 Å². The van der Waals surface area contributed by atoms with E-state index in [1.165, 1.54) is 18.2 Å². The lowest BCUT2D eigenvalue weighted by Gasteiger charge is -2.17. The fraction of sp³-hybridized carbons (Fsp3) is 0.259. The first-order valence-corrected chi connectivity index (χ1v) is 11.5. The van der Waals surface area contributed by atoms with E-state index >= 15 is 0 Å². The van der Waals surface area contributed by atoms with Crippen LogP contribution in [-0.2, 0) is 12.4 Å². The summed E-state index contributed by atoms with van der Waals surface area (Å²) < 4.78 is 82.6. The van der Waals surface area contributed by atoms with E-state index in [0.717, 1.165) is 42.8 Å². The average molecular weight is 519 g/mol. The second kappa shape index (κ2) is 10.4. The Morgan fingerprint density at radius 2 is 1.51 bits per heavy atom. The van der Waals surface area contributed by atoms with Crippen molar-refractivity contribution in [1.29, 1.82) is 0 Å². The van der Waals surface area contributed by atoms with Gasteiger partial charge in [-0.2, -0.15) is 26.3 Å². The van der Waals surface area contributed by atoms with Crippen LogP contribution in [0.1, 0.15) is 23.1 Å². The van der Waals surface area contributed by atoms with Crippen molar-refractivity contribution in [2.75, 3.05) is 25.5 Å². The minimum atomic E-state index is -4.79. The topological polar surface area (TPSA) is 49.8 Å². The van der Waals surface area contributed by atoms with Crippen molar-refractivity contribution in [3.8, 4) is 22.5 Å². The number of halogens is 6. The van der Waals surface area contributed by atoms with Crippen LogP contribution in [0.5, 0.6) is 0 Å². The van der Waals surface area contributed by atoms with E-state index in [1.54, 1.807) is 0 Å². The molecule has 2 N–H and O–H groups in total. The minimum absolute atomic E-state index is 0.0187. The Hall–Kier alpha value is -3.66. The summed E-state index contributed by atoms with van der Waals surface area (Å²) in [6, 6.07) is 12.9. The van der Waals surface area contributed by atoms with Crippen molar-refractivity contribution < 1.29 is 26.3 Å². The smallest absolute Gasteiger partial charge is 0.369 e. The lowest BCUT2D eigenvalue weighted by Crippen LogP contribution is -2.14. The van der Waals surface area contributed by atoms with Gasteiger partial charge in [-0.3, -0.25) is 0 Å². The van der Waals surface area contributed by atoms with Gasteiger partial charge in [-0.1, -0.05) is 30.3 Å². The first-order valence-electron chi connectivity index (χ1n) is 11.5. The molecule has 37 heavy (non-hydrogen) atoms. The van der Waals surface area contributed by atoms with Gasteiger partial charge in [-0.15, -0.1) is 0 Å². The standard InChI is InChI=1S/C27H24F6N4/c1-16-7-5-9-21-23(16)36-24(37-25(21)35-12-6-11-34-2)18-13-17(14-19(15-18)26(28,29)30)20-8-3-4-10-22(20)27(31,32)33/h3-5,7-10,13-15,34H,6,11-12H2,1-2H3,(H,35,36,37). The molecular weight excluding hydrogens is 494 g/mol. The second-order valence-electron chi connectivity index (χ2n) is 8.59. The molecule has 0 radical (unpaired) electrons. The molecule has 0 aliphatic carbocycles. The molecule has 0 aliphatic rings. The summed E-state index contributed by atoms with van der Waals surface area (Å²) in [6.45, 7) is 3.12. The summed E-state index contributed by atoms with van der Waals surface area (Å²) >= 11 is 0. The van der Waals surface area contributed by atoms with Gasteiger partial charge in [-0.25, -0.2) is 9.97 Å². The fourth-order valence-electron chi connectivity index (χ4n) is 4.09. The van der Waals surface area contributed by atoms with Crippen molar-refractivity contribution in [1.82, 2.24) is 15.3 Å². The van der Waals surface area contributed by atoms with Crippen LogP contribution in [0, 0.1) is 6.92 Å². The summed E-state index contributed by atoms with van der Waals surface area (Å²) in [5.41, 5.74) is -1.41. The summed E-state index contributed by atoms with van der Waals surface area (Å²) in [4.78, 5) is 9.03. The van der Waals surface area contributed by atoms with E-state index < -0.39 is 23.5 Å². The van der Waals surface area contributed by atoms with Gasteiger partial charge in [0.1, 0.15) is 5.82 Å². The number of anilines is 1. The molecule has 194 valence electrons. The molecule has 3 aromatic carbocycles. The van der Waals surface area contributed by atoms with Gasteiger partial charge >= 0.3 is 12.4 Å². The van der Waals surface area contributed by atoms with Crippen molar-refractivity contribution in [3.63, 3.8) is 0 Å². The van der Waals surface area contributed by atoms with Crippen LogP contribution in [-0.4, -0.2) is 30.1 Å². The second-order valence-corrected chi connectivity index (χ2v) is 8.59. The van der Waals surface area contributed by atoms with Crippen molar-refractivity contribution in [3.05, 3.63) is 77.4 Å². The van der Waals surface area contributed by atoms with Crippen LogP contribution >= 0.6 is 0 Å². The maximum absolute atomic E-state index is 13.9. The monoisotopic (exact) mass is 518 g/mol. The number of benzene rings is 3. The zero-order valence-corrected chi connectivity index (χ0v) is 20.1. The van der Waals surface area contributed by atoms with Crippen LogP contribution in [0.2, 0.25) is 0 Å². The van der Waals surface area contributed by atoms with Gasteiger partial charge in [0.15, 0.2) is 5.82 Å². The Morgan fingerprint density at radius 3 is 2.22 bits per heavy atom. The zero-order valence-electron chi connectivity index (χ0n) is 20.1. The number of aromatic nitrogens is 2. The highest BCUT2D eigenvalue weighted by molar-refractivity contribution is 5.92. The number of hydrogen-bond donors (Lipinski definition) is 2. The molecule has 1 heterocycles. The third-order valence-corrected chi connectivity index (χ3v) is 5.89. The predicted molar refractivity (Wildman–Crippen MR) is 132 cm³/mol. The molecule has 0 spiro atoms. The zero-order chi connectivity index (χ0) is 26.8. The minimum Gasteiger partial charge on any atom is -0.369 e. The molecule has 4 rings (SSSR count). The molecule has 0 atom stereocenters. The van der Waals surface area contributed by atoms with Crippen LogP contribution in [0.4, 0.5) is 32.2 Å². The molecule has 0 fully saturated rings. The largest absolute Gasteiger partial charge is 0.417 e. The van der Waals surface area contributed by atoms with E-state index in [0.29, 0.717) is 23.3 Å². The maximum atomic E-state index is 13.9. The third kappa shape index (κ3) is 5.85. The molecule has 0 aliphatic heterocycles. The highest BCUT2D eigenvalue weighted by atomic mass is 19.4. The number of aryl methyl sites for hydroxylation is 1. The van der Waals surface area contributed by atoms with Gasteiger partial charge in [0.2, 0.25) is 0 Å². The fourth-order valence-corrected chi connectivity index (χ4v) is 4.09.